The molecule has 1 unspecified atom stereocenters. The monoisotopic (exact) mass is 439 g/mol. The van der Waals surface area contributed by atoms with Gasteiger partial charge in [0.15, 0.2) is 0 Å². The first kappa shape index (κ1) is 21.6. The number of ether oxygens (including phenoxy) is 1. The van der Waals surface area contributed by atoms with Crippen LogP contribution in [-0.2, 0) is 17.8 Å². The lowest BCUT2D eigenvalue weighted by Gasteiger charge is -2.24. The Labute approximate surface area is 195 Å². The highest BCUT2D eigenvalue weighted by Crippen LogP contribution is 2.27. The van der Waals surface area contributed by atoms with Crippen molar-refractivity contribution in [1.82, 2.24) is 14.9 Å². The molecule has 0 N–H and O–H groups in total. The topological polar surface area (TPSA) is 51.4 Å². The van der Waals surface area contributed by atoms with Crippen molar-refractivity contribution < 1.29 is 9.15 Å². The number of oxazole rings is 1. The van der Waals surface area contributed by atoms with Crippen LogP contribution in [0.1, 0.15) is 29.9 Å². The maximum Gasteiger partial charge on any atom is 0.226 e. The summed E-state index contributed by atoms with van der Waals surface area (Å²) in [6, 6.07) is 22.9. The lowest BCUT2D eigenvalue weighted by Crippen LogP contribution is -2.31. The van der Waals surface area contributed by atoms with E-state index in [0.717, 1.165) is 56.1 Å². The van der Waals surface area contributed by atoms with Crippen LogP contribution in [0.15, 0.2) is 83.5 Å². The summed E-state index contributed by atoms with van der Waals surface area (Å²) in [4.78, 5) is 11.4. The Morgan fingerprint density at radius 1 is 0.879 bits per heavy atom. The molecule has 1 aliphatic heterocycles. The van der Waals surface area contributed by atoms with E-state index < -0.39 is 0 Å². The number of hydrogen-bond acceptors (Lipinski definition) is 5. The zero-order valence-electron chi connectivity index (χ0n) is 19.0. The molecule has 1 aliphatic rings. The third-order valence-corrected chi connectivity index (χ3v) is 6.15. The first-order chi connectivity index (χ1) is 16.2. The van der Waals surface area contributed by atoms with Gasteiger partial charge in [-0.05, 0) is 60.7 Å². The first-order valence-electron chi connectivity index (χ1n) is 11.6. The van der Waals surface area contributed by atoms with Crippen molar-refractivity contribution in [3.8, 4) is 22.6 Å². The predicted octanol–water partition coefficient (Wildman–Crippen LogP) is 5.89. The number of aromatic nitrogens is 2. The maximum absolute atomic E-state index is 6.09. The van der Waals surface area contributed by atoms with Crippen LogP contribution >= 0.6 is 0 Å². The smallest absolute Gasteiger partial charge is 0.226 e. The quantitative estimate of drug-likeness (QED) is 0.342. The Morgan fingerprint density at radius 3 is 2.33 bits per heavy atom. The fourth-order valence-electron chi connectivity index (χ4n) is 4.35. The van der Waals surface area contributed by atoms with E-state index >= 15 is 0 Å². The summed E-state index contributed by atoms with van der Waals surface area (Å²) in [5.74, 6) is 1.53. The van der Waals surface area contributed by atoms with Crippen molar-refractivity contribution in [2.75, 3.05) is 13.2 Å². The van der Waals surface area contributed by atoms with Crippen molar-refractivity contribution in [3.05, 3.63) is 96.1 Å². The minimum atomic E-state index is 0.282. The summed E-state index contributed by atoms with van der Waals surface area (Å²) in [6.07, 6.45) is 6.23. The normalized spacial score (nSPS) is 15.9. The van der Waals surface area contributed by atoms with Crippen LogP contribution in [-0.4, -0.2) is 34.1 Å². The number of benzene rings is 2. The fraction of sp³-hybridized carbons (Fsp3) is 0.286. The van der Waals surface area contributed by atoms with E-state index in [-0.39, 0.29) is 6.10 Å². The Morgan fingerprint density at radius 2 is 1.61 bits per heavy atom. The van der Waals surface area contributed by atoms with Crippen LogP contribution in [0.25, 0.3) is 22.6 Å². The third kappa shape index (κ3) is 5.38. The van der Waals surface area contributed by atoms with Gasteiger partial charge >= 0.3 is 0 Å². The van der Waals surface area contributed by atoms with Crippen molar-refractivity contribution in [2.24, 2.45) is 0 Å². The lowest BCUT2D eigenvalue weighted by molar-refractivity contribution is 0.0673. The molecule has 0 radical (unpaired) electrons. The van der Waals surface area contributed by atoms with Crippen LogP contribution in [0.4, 0.5) is 0 Å². The third-order valence-electron chi connectivity index (χ3n) is 6.15. The van der Waals surface area contributed by atoms with Gasteiger partial charge < -0.3 is 9.15 Å². The molecule has 0 saturated carbocycles. The van der Waals surface area contributed by atoms with Crippen LogP contribution in [0.3, 0.4) is 0 Å². The average Bonchev–Trinajstić information content (AvgIpc) is 3.50. The van der Waals surface area contributed by atoms with E-state index in [1.165, 1.54) is 16.7 Å². The molecule has 0 bridgehead atoms. The number of pyridine rings is 1. The predicted molar refractivity (Wildman–Crippen MR) is 129 cm³/mol. The molecular weight excluding hydrogens is 410 g/mol. The molecule has 5 heteroatoms. The Bertz CT molecular complexity index is 1150. The SMILES string of the molecule is Cc1oc(-c2ccc(-c3ccccc3)cc2)nc1CN(Cc1ccncc1)CC1CCCO1. The molecule has 5 rings (SSSR count). The summed E-state index contributed by atoms with van der Waals surface area (Å²) in [5, 5.41) is 0. The molecule has 0 spiro atoms. The Kier molecular flexibility index (Phi) is 6.61. The number of nitrogens with zero attached hydrogens (tertiary/aromatic N) is 3. The average molecular weight is 440 g/mol. The van der Waals surface area contributed by atoms with E-state index in [4.69, 9.17) is 14.1 Å². The van der Waals surface area contributed by atoms with Gasteiger partial charge in [0, 0.05) is 44.2 Å². The molecule has 2 aromatic heterocycles. The highest BCUT2D eigenvalue weighted by Gasteiger charge is 2.22. The van der Waals surface area contributed by atoms with E-state index in [2.05, 4.69) is 70.5 Å². The number of hydrogen-bond donors (Lipinski definition) is 0. The molecule has 4 aromatic rings. The van der Waals surface area contributed by atoms with E-state index in [9.17, 15) is 0 Å². The summed E-state index contributed by atoms with van der Waals surface area (Å²) in [7, 11) is 0. The molecule has 1 saturated heterocycles. The first-order valence-corrected chi connectivity index (χ1v) is 11.6. The van der Waals surface area contributed by atoms with E-state index in [1.54, 1.807) is 0 Å². The maximum atomic E-state index is 6.09. The molecule has 0 aliphatic carbocycles. The van der Waals surface area contributed by atoms with Crippen LogP contribution < -0.4 is 0 Å². The second-order valence-electron chi connectivity index (χ2n) is 8.63. The van der Waals surface area contributed by atoms with Gasteiger partial charge in [-0.2, -0.15) is 0 Å². The van der Waals surface area contributed by atoms with Crippen molar-refractivity contribution in [1.29, 1.82) is 0 Å². The highest BCUT2D eigenvalue weighted by molar-refractivity contribution is 5.67. The van der Waals surface area contributed by atoms with Gasteiger partial charge in [0.05, 0.1) is 11.8 Å². The summed E-state index contributed by atoms with van der Waals surface area (Å²) in [5.41, 5.74) is 5.59. The van der Waals surface area contributed by atoms with Crippen molar-refractivity contribution in [3.63, 3.8) is 0 Å². The van der Waals surface area contributed by atoms with Crippen molar-refractivity contribution >= 4 is 0 Å². The Hall–Kier alpha value is -3.28. The summed E-state index contributed by atoms with van der Waals surface area (Å²) >= 11 is 0. The van der Waals surface area contributed by atoms with Crippen LogP contribution in [0.5, 0.6) is 0 Å². The molecule has 5 nitrogen and oxygen atoms in total. The molecule has 1 fully saturated rings. The molecule has 168 valence electrons. The number of rotatable bonds is 8. The zero-order chi connectivity index (χ0) is 22.5. The molecule has 3 heterocycles. The van der Waals surface area contributed by atoms with Gasteiger partial charge in [-0.15, -0.1) is 0 Å². The molecule has 1 atom stereocenters. The largest absolute Gasteiger partial charge is 0.441 e. The zero-order valence-corrected chi connectivity index (χ0v) is 19.0. The van der Waals surface area contributed by atoms with Crippen molar-refractivity contribution in [2.45, 2.75) is 39.0 Å². The van der Waals surface area contributed by atoms with Crippen LogP contribution in [0, 0.1) is 6.92 Å². The van der Waals surface area contributed by atoms with Crippen LogP contribution in [0.2, 0.25) is 0 Å². The second-order valence-corrected chi connectivity index (χ2v) is 8.63. The van der Waals surface area contributed by atoms with Gasteiger partial charge in [0.1, 0.15) is 5.76 Å². The highest BCUT2D eigenvalue weighted by atomic mass is 16.5. The van der Waals surface area contributed by atoms with Gasteiger partial charge in [-0.1, -0.05) is 42.5 Å². The van der Waals surface area contributed by atoms with Gasteiger partial charge in [-0.3, -0.25) is 9.88 Å². The molecular formula is C28H29N3O2. The van der Waals surface area contributed by atoms with Gasteiger partial charge in [0.25, 0.3) is 0 Å². The minimum absolute atomic E-state index is 0.282. The number of aryl methyl sites for hydroxylation is 1. The summed E-state index contributed by atoms with van der Waals surface area (Å²) in [6.45, 7) is 5.30. The standard InChI is InChI=1S/C28H29N3O2/c1-21-27(20-31(19-26-8-5-17-32-26)18-22-13-15-29-16-14-22)30-28(33-21)25-11-9-24(10-12-25)23-6-3-2-4-7-23/h2-4,6-7,9-16,26H,5,8,17-20H2,1H3. The lowest BCUT2D eigenvalue weighted by atomic mass is 10.0. The van der Waals surface area contributed by atoms with E-state index in [1.807, 2.05) is 25.4 Å². The second kappa shape index (κ2) is 10.1. The minimum Gasteiger partial charge on any atom is -0.441 e. The van der Waals surface area contributed by atoms with E-state index in [0.29, 0.717) is 5.89 Å². The Balaban J connectivity index is 1.33. The molecule has 0 amide bonds. The molecule has 33 heavy (non-hydrogen) atoms. The summed E-state index contributed by atoms with van der Waals surface area (Å²) < 4.78 is 12.0. The van der Waals surface area contributed by atoms with Gasteiger partial charge in [-0.25, -0.2) is 4.98 Å². The molecule has 2 aromatic carbocycles. The fourth-order valence-corrected chi connectivity index (χ4v) is 4.35. The van der Waals surface area contributed by atoms with Gasteiger partial charge in [0.2, 0.25) is 5.89 Å².